The molecule has 3 nitrogen and oxygen atoms in total. The molecule has 3 saturated carbocycles. The molecule has 0 aromatic rings. The van der Waals surface area contributed by atoms with Crippen molar-refractivity contribution in [3.05, 3.63) is 36.5 Å². The lowest BCUT2D eigenvalue weighted by Crippen LogP contribution is -2.44. The van der Waals surface area contributed by atoms with Crippen LogP contribution in [0, 0.1) is 16.7 Å². The molecule has 0 aromatic carbocycles. The Morgan fingerprint density at radius 1 is 1.17 bits per heavy atom. The number of amides is 1. The van der Waals surface area contributed by atoms with E-state index in [1.54, 1.807) is 0 Å². The molecular formula is C26H42N2O. The van der Waals surface area contributed by atoms with E-state index in [1.165, 1.54) is 44.1 Å². The van der Waals surface area contributed by atoms with Gasteiger partial charge in [0.25, 0.3) is 0 Å². The van der Waals surface area contributed by atoms with Crippen LogP contribution in [0.3, 0.4) is 0 Å². The first-order valence-electron chi connectivity index (χ1n) is 11.9. The van der Waals surface area contributed by atoms with E-state index in [0.29, 0.717) is 29.8 Å². The highest BCUT2D eigenvalue weighted by molar-refractivity contribution is 5.76. The highest BCUT2D eigenvalue weighted by Gasteiger charge is 2.49. The van der Waals surface area contributed by atoms with Gasteiger partial charge in [0.2, 0.25) is 5.91 Å². The minimum absolute atomic E-state index is 0.240. The van der Waals surface area contributed by atoms with Gasteiger partial charge in [-0.2, -0.15) is 0 Å². The van der Waals surface area contributed by atoms with Crippen LogP contribution in [0.25, 0.3) is 0 Å². The second kappa shape index (κ2) is 9.64. The zero-order chi connectivity index (χ0) is 20.9. The predicted octanol–water partition coefficient (Wildman–Crippen LogP) is 5.82. The molecule has 1 unspecified atom stereocenters. The smallest absolute Gasteiger partial charge is 0.220 e. The number of fused-ring (bicyclic) bond motifs is 2. The number of allylic oxidation sites excluding steroid dienone is 5. The molecule has 0 heterocycles. The van der Waals surface area contributed by atoms with E-state index < -0.39 is 0 Å². The van der Waals surface area contributed by atoms with E-state index in [1.807, 2.05) is 6.92 Å². The summed E-state index contributed by atoms with van der Waals surface area (Å²) in [5, 5.41) is 3.27. The summed E-state index contributed by atoms with van der Waals surface area (Å²) in [4.78, 5) is 12.6. The predicted molar refractivity (Wildman–Crippen MR) is 122 cm³/mol. The highest BCUT2D eigenvalue weighted by Crippen LogP contribution is 2.60. The van der Waals surface area contributed by atoms with Gasteiger partial charge >= 0.3 is 0 Å². The highest BCUT2D eigenvalue weighted by atomic mass is 16.1. The molecule has 0 saturated heterocycles. The average Bonchev–Trinajstić information content (AvgIpc) is 2.67. The molecule has 162 valence electrons. The lowest BCUT2D eigenvalue weighted by atomic mass is 9.50. The first kappa shape index (κ1) is 22.3. The van der Waals surface area contributed by atoms with Crippen LogP contribution in [0.4, 0.5) is 0 Å². The first-order valence-corrected chi connectivity index (χ1v) is 11.9. The van der Waals surface area contributed by atoms with E-state index in [4.69, 9.17) is 5.73 Å². The van der Waals surface area contributed by atoms with Crippen molar-refractivity contribution in [1.29, 1.82) is 0 Å². The van der Waals surface area contributed by atoms with E-state index in [0.717, 1.165) is 32.1 Å². The summed E-state index contributed by atoms with van der Waals surface area (Å²) in [6.07, 6.45) is 22.0. The van der Waals surface area contributed by atoms with Crippen molar-refractivity contribution in [3.8, 4) is 0 Å². The molecule has 3 rings (SSSR count). The summed E-state index contributed by atoms with van der Waals surface area (Å²) in [5.41, 5.74) is 7.94. The Hall–Kier alpha value is -1.35. The van der Waals surface area contributed by atoms with Crippen LogP contribution in [0.2, 0.25) is 0 Å². The minimum atomic E-state index is 0.240. The molecule has 3 heteroatoms. The molecule has 3 aliphatic rings. The summed E-state index contributed by atoms with van der Waals surface area (Å²) in [7, 11) is 0. The molecule has 2 bridgehead atoms. The van der Waals surface area contributed by atoms with Crippen LogP contribution < -0.4 is 11.1 Å². The Kier molecular flexibility index (Phi) is 7.42. The lowest BCUT2D eigenvalue weighted by Gasteiger charge is -2.54. The van der Waals surface area contributed by atoms with Crippen molar-refractivity contribution in [1.82, 2.24) is 5.32 Å². The van der Waals surface area contributed by atoms with Crippen LogP contribution in [0.15, 0.2) is 36.5 Å². The SMILES string of the molecule is C=C(/C=C\C=C/C)[C@]12CCC[C@](C)(CC(CCC(=O)N[C@H]3CC[C@H](N)CC3)C1)C2. The number of carbonyl (C=O) groups excluding carboxylic acids is 1. The largest absolute Gasteiger partial charge is 0.353 e. The fourth-order valence-corrected chi connectivity index (χ4v) is 6.48. The zero-order valence-electron chi connectivity index (χ0n) is 18.7. The monoisotopic (exact) mass is 398 g/mol. The van der Waals surface area contributed by atoms with Gasteiger partial charge in [0.15, 0.2) is 0 Å². The maximum Gasteiger partial charge on any atom is 0.220 e. The van der Waals surface area contributed by atoms with Crippen LogP contribution >= 0.6 is 0 Å². The van der Waals surface area contributed by atoms with Crippen molar-refractivity contribution in [2.45, 2.75) is 103 Å². The molecule has 0 radical (unpaired) electrons. The van der Waals surface area contributed by atoms with Gasteiger partial charge in [-0.15, -0.1) is 0 Å². The van der Waals surface area contributed by atoms with Crippen LogP contribution in [0.1, 0.15) is 90.9 Å². The zero-order valence-corrected chi connectivity index (χ0v) is 18.7. The Labute approximate surface area is 178 Å². The van der Waals surface area contributed by atoms with E-state index >= 15 is 0 Å². The van der Waals surface area contributed by atoms with E-state index in [9.17, 15) is 4.79 Å². The molecule has 3 atom stereocenters. The molecule has 3 N–H and O–H groups in total. The van der Waals surface area contributed by atoms with Gasteiger partial charge < -0.3 is 11.1 Å². The molecule has 3 aliphatic carbocycles. The normalized spacial score (nSPS) is 37.7. The lowest BCUT2D eigenvalue weighted by molar-refractivity contribution is -0.122. The second-order valence-electron chi connectivity index (χ2n) is 10.5. The Balaban J connectivity index is 1.57. The second-order valence-corrected chi connectivity index (χ2v) is 10.5. The quantitative estimate of drug-likeness (QED) is 0.531. The number of nitrogens with one attached hydrogen (secondary N) is 1. The Morgan fingerprint density at radius 2 is 1.93 bits per heavy atom. The molecule has 1 amide bonds. The van der Waals surface area contributed by atoms with Gasteiger partial charge in [-0.1, -0.05) is 44.2 Å². The fraction of sp³-hybridized carbons (Fsp3) is 0.731. The summed E-state index contributed by atoms with van der Waals surface area (Å²) in [5.74, 6) is 0.874. The molecule has 0 spiro atoms. The van der Waals surface area contributed by atoms with Crippen LogP contribution in [0.5, 0.6) is 0 Å². The summed E-state index contributed by atoms with van der Waals surface area (Å²) >= 11 is 0. The van der Waals surface area contributed by atoms with Crippen molar-refractivity contribution >= 4 is 5.91 Å². The summed E-state index contributed by atoms with van der Waals surface area (Å²) in [6.45, 7) is 9.02. The van der Waals surface area contributed by atoms with Crippen molar-refractivity contribution < 1.29 is 4.79 Å². The van der Waals surface area contributed by atoms with Gasteiger partial charge in [0.1, 0.15) is 0 Å². The number of rotatable bonds is 7. The standard InChI is InChI=1S/C26H42N2O/c1-4-5-6-8-20(2)26-16-7-15-25(3,19-26)17-21(18-26)9-14-24(29)28-23-12-10-22(27)11-13-23/h4-6,8,21-23H,2,7,9-19,27H2,1,3H3,(H,28,29)/b5-4-,8-6-/t21?,22-,23-,25-,26-/m1/s1. The fourth-order valence-electron chi connectivity index (χ4n) is 6.48. The van der Waals surface area contributed by atoms with Crippen LogP contribution in [-0.2, 0) is 4.79 Å². The Bertz CT molecular complexity index is 643. The molecule has 29 heavy (non-hydrogen) atoms. The maximum atomic E-state index is 12.6. The van der Waals surface area contributed by atoms with Crippen LogP contribution in [-0.4, -0.2) is 18.0 Å². The van der Waals surface area contributed by atoms with Gasteiger partial charge in [0, 0.05) is 18.5 Å². The topological polar surface area (TPSA) is 55.1 Å². The average molecular weight is 399 g/mol. The maximum absolute atomic E-state index is 12.6. The number of nitrogens with two attached hydrogens (primary N) is 1. The van der Waals surface area contributed by atoms with Crippen molar-refractivity contribution in [3.63, 3.8) is 0 Å². The Morgan fingerprint density at radius 3 is 2.66 bits per heavy atom. The first-order chi connectivity index (χ1) is 13.8. The van der Waals surface area contributed by atoms with Gasteiger partial charge in [-0.3, -0.25) is 4.79 Å². The van der Waals surface area contributed by atoms with E-state index in [-0.39, 0.29) is 11.3 Å². The summed E-state index contributed by atoms with van der Waals surface area (Å²) < 4.78 is 0. The summed E-state index contributed by atoms with van der Waals surface area (Å²) in [6, 6.07) is 0.671. The molecular weight excluding hydrogens is 356 g/mol. The molecule has 3 fully saturated rings. The van der Waals surface area contributed by atoms with Gasteiger partial charge in [-0.25, -0.2) is 0 Å². The number of carbonyl (C=O) groups is 1. The van der Waals surface area contributed by atoms with Crippen molar-refractivity contribution in [2.24, 2.45) is 22.5 Å². The molecule has 0 aromatic heterocycles. The third kappa shape index (κ3) is 5.84. The van der Waals surface area contributed by atoms with Crippen molar-refractivity contribution in [2.75, 3.05) is 0 Å². The number of hydrogen-bond donors (Lipinski definition) is 2. The third-order valence-electron chi connectivity index (χ3n) is 7.86. The minimum Gasteiger partial charge on any atom is -0.353 e. The number of hydrogen-bond acceptors (Lipinski definition) is 2. The van der Waals surface area contributed by atoms with Gasteiger partial charge in [0.05, 0.1) is 0 Å². The molecule has 0 aliphatic heterocycles. The third-order valence-corrected chi connectivity index (χ3v) is 7.86. The van der Waals surface area contributed by atoms with E-state index in [2.05, 4.69) is 43.1 Å². The van der Waals surface area contributed by atoms with Gasteiger partial charge in [-0.05, 0) is 93.5 Å².